The molecule has 0 aliphatic heterocycles. The Hall–Kier alpha value is -2.48. The number of rotatable bonds is 5. The molecule has 3 rings (SSSR count). The molecular formula is C15H15BrN6O. The maximum absolute atomic E-state index is 12.0. The molecule has 0 saturated heterocycles. The normalized spacial score (nSPS) is 10.7. The SMILES string of the molecule is Cc1cc(NCCNC(=O)c2ccc(Br)cc2)n2ncnc2n1. The van der Waals surface area contributed by atoms with Gasteiger partial charge in [-0.15, -0.1) is 0 Å². The first-order chi connectivity index (χ1) is 11.1. The Morgan fingerprint density at radius 1 is 1.26 bits per heavy atom. The van der Waals surface area contributed by atoms with Gasteiger partial charge in [-0.25, -0.2) is 4.98 Å². The predicted molar refractivity (Wildman–Crippen MR) is 90.5 cm³/mol. The number of aryl methyl sites for hydroxylation is 1. The molecule has 0 saturated carbocycles. The number of hydrogen-bond donors (Lipinski definition) is 2. The molecule has 2 aromatic heterocycles. The first-order valence-electron chi connectivity index (χ1n) is 7.08. The van der Waals surface area contributed by atoms with Gasteiger partial charge in [0, 0.05) is 34.9 Å². The summed E-state index contributed by atoms with van der Waals surface area (Å²) in [5.41, 5.74) is 1.48. The minimum absolute atomic E-state index is 0.101. The highest BCUT2D eigenvalue weighted by Gasteiger charge is 2.06. The van der Waals surface area contributed by atoms with Gasteiger partial charge in [0.1, 0.15) is 12.1 Å². The summed E-state index contributed by atoms with van der Waals surface area (Å²) in [5.74, 6) is 1.24. The largest absolute Gasteiger partial charge is 0.368 e. The van der Waals surface area contributed by atoms with Crippen LogP contribution in [0.1, 0.15) is 16.1 Å². The van der Waals surface area contributed by atoms with E-state index >= 15 is 0 Å². The number of anilines is 1. The van der Waals surface area contributed by atoms with Gasteiger partial charge in [0.15, 0.2) is 0 Å². The molecule has 3 aromatic rings. The lowest BCUT2D eigenvalue weighted by Crippen LogP contribution is -2.29. The summed E-state index contributed by atoms with van der Waals surface area (Å²) < 4.78 is 2.57. The number of nitrogens with one attached hydrogen (secondary N) is 2. The molecule has 0 aliphatic rings. The number of amides is 1. The number of fused-ring (bicyclic) bond motifs is 1. The van der Waals surface area contributed by atoms with Crippen molar-refractivity contribution < 1.29 is 4.79 Å². The van der Waals surface area contributed by atoms with Gasteiger partial charge >= 0.3 is 0 Å². The molecule has 2 N–H and O–H groups in total. The highest BCUT2D eigenvalue weighted by Crippen LogP contribution is 2.11. The maximum atomic E-state index is 12.0. The van der Waals surface area contributed by atoms with Gasteiger partial charge in [-0.3, -0.25) is 4.79 Å². The lowest BCUT2D eigenvalue weighted by Gasteiger charge is -2.09. The minimum Gasteiger partial charge on any atom is -0.368 e. The van der Waals surface area contributed by atoms with E-state index in [0.29, 0.717) is 24.4 Å². The van der Waals surface area contributed by atoms with Crippen molar-refractivity contribution in [1.82, 2.24) is 24.9 Å². The third-order valence-corrected chi connectivity index (χ3v) is 3.73. The zero-order valence-electron chi connectivity index (χ0n) is 12.5. The minimum atomic E-state index is -0.101. The quantitative estimate of drug-likeness (QED) is 0.667. The first-order valence-corrected chi connectivity index (χ1v) is 7.88. The topological polar surface area (TPSA) is 84.2 Å². The van der Waals surface area contributed by atoms with Gasteiger partial charge < -0.3 is 10.6 Å². The van der Waals surface area contributed by atoms with Crippen LogP contribution in [0.15, 0.2) is 41.1 Å². The summed E-state index contributed by atoms with van der Waals surface area (Å²) in [6, 6.07) is 9.12. The predicted octanol–water partition coefficient (Wildman–Crippen LogP) is 2.04. The zero-order chi connectivity index (χ0) is 16.2. The number of nitrogens with zero attached hydrogens (tertiary/aromatic N) is 4. The number of benzene rings is 1. The Bertz CT molecular complexity index is 830. The molecule has 118 valence electrons. The van der Waals surface area contributed by atoms with Crippen LogP contribution < -0.4 is 10.6 Å². The van der Waals surface area contributed by atoms with Crippen LogP contribution in [0, 0.1) is 6.92 Å². The highest BCUT2D eigenvalue weighted by molar-refractivity contribution is 9.10. The van der Waals surface area contributed by atoms with Crippen LogP contribution in [-0.4, -0.2) is 38.6 Å². The third kappa shape index (κ3) is 3.65. The Morgan fingerprint density at radius 2 is 2.04 bits per heavy atom. The van der Waals surface area contributed by atoms with E-state index in [1.165, 1.54) is 6.33 Å². The van der Waals surface area contributed by atoms with Crippen molar-refractivity contribution >= 4 is 33.4 Å². The van der Waals surface area contributed by atoms with Crippen LogP contribution in [0.3, 0.4) is 0 Å². The van der Waals surface area contributed by atoms with Crippen molar-refractivity contribution in [2.75, 3.05) is 18.4 Å². The molecule has 0 atom stereocenters. The lowest BCUT2D eigenvalue weighted by molar-refractivity contribution is 0.0955. The Balaban J connectivity index is 1.56. The van der Waals surface area contributed by atoms with Gasteiger partial charge in [-0.05, 0) is 31.2 Å². The molecule has 0 radical (unpaired) electrons. The van der Waals surface area contributed by atoms with E-state index in [-0.39, 0.29) is 5.91 Å². The van der Waals surface area contributed by atoms with Gasteiger partial charge in [0.05, 0.1) is 0 Å². The summed E-state index contributed by atoms with van der Waals surface area (Å²) >= 11 is 3.35. The molecular weight excluding hydrogens is 360 g/mol. The van der Waals surface area contributed by atoms with Gasteiger partial charge in [-0.2, -0.15) is 14.6 Å². The summed E-state index contributed by atoms with van der Waals surface area (Å²) in [6.07, 6.45) is 1.46. The van der Waals surface area contributed by atoms with Crippen molar-refractivity contribution in [2.24, 2.45) is 0 Å². The molecule has 1 amide bonds. The molecule has 0 aliphatic carbocycles. The molecule has 8 heteroatoms. The summed E-state index contributed by atoms with van der Waals surface area (Å²) in [4.78, 5) is 20.3. The third-order valence-electron chi connectivity index (χ3n) is 3.20. The van der Waals surface area contributed by atoms with Gasteiger partial charge in [-0.1, -0.05) is 15.9 Å². The van der Waals surface area contributed by atoms with Crippen molar-refractivity contribution in [3.63, 3.8) is 0 Å². The maximum Gasteiger partial charge on any atom is 0.254 e. The highest BCUT2D eigenvalue weighted by atomic mass is 79.9. The lowest BCUT2D eigenvalue weighted by atomic mass is 10.2. The Labute approximate surface area is 141 Å². The van der Waals surface area contributed by atoms with Crippen molar-refractivity contribution in [2.45, 2.75) is 6.92 Å². The average molecular weight is 375 g/mol. The molecule has 23 heavy (non-hydrogen) atoms. The standard InChI is InChI=1S/C15H15BrN6O/c1-10-8-13(22-15(21-10)19-9-20-22)17-6-7-18-14(23)11-2-4-12(16)5-3-11/h2-5,8-9,17H,6-7H2,1H3,(H,18,23). The second kappa shape index (κ2) is 6.74. The number of aromatic nitrogens is 4. The fraction of sp³-hybridized carbons (Fsp3) is 0.200. The van der Waals surface area contributed by atoms with E-state index in [2.05, 4.69) is 41.6 Å². The summed E-state index contributed by atoms with van der Waals surface area (Å²) in [7, 11) is 0. The number of halogens is 1. The molecule has 2 heterocycles. The molecule has 0 spiro atoms. The smallest absolute Gasteiger partial charge is 0.254 e. The monoisotopic (exact) mass is 374 g/mol. The molecule has 7 nitrogen and oxygen atoms in total. The molecule has 0 fully saturated rings. The molecule has 0 unspecified atom stereocenters. The Morgan fingerprint density at radius 3 is 2.83 bits per heavy atom. The second-order valence-electron chi connectivity index (χ2n) is 4.94. The van der Waals surface area contributed by atoms with Crippen molar-refractivity contribution in [1.29, 1.82) is 0 Å². The second-order valence-corrected chi connectivity index (χ2v) is 5.86. The molecule has 1 aromatic carbocycles. The van der Waals surface area contributed by atoms with Crippen LogP contribution in [0.25, 0.3) is 5.78 Å². The van der Waals surface area contributed by atoms with E-state index in [0.717, 1.165) is 16.0 Å². The van der Waals surface area contributed by atoms with E-state index in [1.54, 1.807) is 16.6 Å². The van der Waals surface area contributed by atoms with Crippen molar-refractivity contribution in [3.8, 4) is 0 Å². The van der Waals surface area contributed by atoms with Crippen LogP contribution in [0.4, 0.5) is 5.82 Å². The average Bonchev–Trinajstić information content (AvgIpc) is 3.00. The van der Waals surface area contributed by atoms with Crippen LogP contribution in [-0.2, 0) is 0 Å². The van der Waals surface area contributed by atoms with Gasteiger partial charge in [0.2, 0.25) is 0 Å². The van der Waals surface area contributed by atoms with E-state index in [9.17, 15) is 4.79 Å². The Kier molecular flexibility index (Phi) is 4.52. The van der Waals surface area contributed by atoms with Crippen molar-refractivity contribution in [3.05, 3.63) is 52.4 Å². The van der Waals surface area contributed by atoms with Crippen LogP contribution in [0.5, 0.6) is 0 Å². The summed E-state index contributed by atoms with van der Waals surface area (Å²) in [5, 5.41) is 10.2. The number of carbonyl (C=O) groups excluding carboxylic acids is 1. The number of carbonyl (C=O) groups is 1. The summed E-state index contributed by atoms with van der Waals surface area (Å²) in [6.45, 7) is 2.96. The van der Waals surface area contributed by atoms with Crippen LogP contribution in [0.2, 0.25) is 0 Å². The van der Waals surface area contributed by atoms with Crippen LogP contribution >= 0.6 is 15.9 Å². The fourth-order valence-electron chi connectivity index (χ4n) is 2.13. The molecule has 0 bridgehead atoms. The zero-order valence-corrected chi connectivity index (χ0v) is 14.0. The van der Waals surface area contributed by atoms with E-state index in [4.69, 9.17) is 0 Å². The van der Waals surface area contributed by atoms with Gasteiger partial charge in [0.25, 0.3) is 11.7 Å². The van der Waals surface area contributed by atoms with E-state index in [1.807, 2.05) is 25.1 Å². The number of hydrogen-bond acceptors (Lipinski definition) is 5. The fourth-order valence-corrected chi connectivity index (χ4v) is 2.39. The van der Waals surface area contributed by atoms with E-state index < -0.39 is 0 Å². The first kappa shape index (κ1) is 15.4.